The van der Waals surface area contributed by atoms with Crippen LogP contribution in [0, 0.1) is 11.3 Å². The molecule has 1 N–H and O–H groups in total. The molecule has 114 valence electrons. The van der Waals surface area contributed by atoms with Gasteiger partial charge in [-0.3, -0.25) is 0 Å². The smallest absolute Gasteiger partial charge is 0.168 e. The quantitative estimate of drug-likeness (QED) is 0.841. The highest BCUT2D eigenvalue weighted by atomic mass is 16.7. The topological polar surface area (TPSA) is 39.7 Å². The first kappa shape index (κ1) is 13.5. The van der Waals surface area contributed by atoms with Crippen molar-refractivity contribution in [2.24, 2.45) is 11.3 Å². The van der Waals surface area contributed by atoms with Crippen LogP contribution in [0.3, 0.4) is 0 Å². The zero-order chi connectivity index (χ0) is 13.8. The molecular formula is C16H27NO3. The Morgan fingerprint density at radius 3 is 2.35 bits per heavy atom. The third-order valence-corrected chi connectivity index (χ3v) is 6.08. The van der Waals surface area contributed by atoms with Crippen molar-refractivity contribution in [2.45, 2.75) is 69.9 Å². The minimum atomic E-state index is -0.230. The Morgan fingerprint density at radius 1 is 0.950 bits per heavy atom. The minimum absolute atomic E-state index is 0.230. The van der Waals surface area contributed by atoms with Gasteiger partial charge in [0.1, 0.15) is 0 Å². The molecule has 2 heterocycles. The van der Waals surface area contributed by atoms with Gasteiger partial charge >= 0.3 is 0 Å². The largest absolute Gasteiger partial charge is 0.377 e. The van der Waals surface area contributed by atoms with Crippen LogP contribution in [0.1, 0.15) is 46.0 Å². The molecule has 2 saturated carbocycles. The molecule has 4 rings (SSSR count). The SMILES string of the molecule is CC1(C)[C@H](NC2CCC3(CC2)OCCO3)[C@H]2CCO[C@H]21. The van der Waals surface area contributed by atoms with Gasteiger partial charge in [-0.2, -0.15) is 0 Å². The Bertz CT molecular complexity index is 368. The zero-order valence-corrected chi connectivity index (χ0v) is 12.7. The molecule has 2 aliphatic carbocycles. The maximum absolute atomic E-state index is 5.88. The van der Waals surface area contributed by atoms with E-state index in [4.69, 9.17) is 14.2 Å². The number of nitrogens with one attached hydrogen (secondary N) is 1. The zero-order valence-electron chi connectivity index (χ0n) is 12.7. The van der Waals surface area contributed by atoms with Crippen LogP contribution in [-0.2, 0) is 14.2 Å². The summed E-state index contributed by atoms with van der Waals surface area (Å²) in [5.74, 6) is 0.506. The molecule has 2 saturated heterocycles. The maximum Gasteiger partial charge on any atom is 0.168 e. The van der Waals surface area contributed by atoms with E-state index in [0.29, 0.717) is 18.2 Å². The monoisotopic (exact) mass is 281 g/mol. The van der Waals surface area contributed by atoms with Gasteiger partial charge in [0.05, 0.1) is 19.3 Å². The first-order chi connectivity index (χ1) is 9.61. The highest BCUT2D eigenvalue weighted by Gasteiger charge is 2.59. The summed E-state index contributed by atoms with van der Waals surface area (Å²) in [5.41, 5.74) is 0.288. The predicted octanol–water partition coefficient (Wildman–Crippen LogP) is 2.08. The maximum atomic E-state index is 5.88. The first-order valence-corrected chi connectivity index (χ1v) is 8.26. The Balaban J connectivity index is 1.34. The van der Waals surface area contributed by atoms with E-state index >= 15 is 0 Å². The molecule has 4 nitrogen and oxygen atoms in total. The molecule has 0 amide bonds. The summed E-state index contributed by atoms with van der Waals surface area (Å²) in [4.78, 5) is 0. The minimum Gasteiger partial charge on any atom is -0.377 e. The molecule has 3 atom stereocenters. The summed E-state index contributed by atoms with van der Waals surface area (Å²) in [6, 6.07) is 1.25. The highest BCUT2D eigenvalue weighted by Crippen LogP contribution is 2.52. The van der Waals surface area contributed by atoms with E-state index in [9.17, 15) is 0 Å². The fourth-order valence-electron chi connectivity index (χ4n) is 4.93. The lowest BCUT2D eigenvalue weighted by molar-refractivity contribution is -0.182. The summed E-state index contributed by atoms with van der Waals surface area (Å²) >= 11 is 0. The summed E-state index contributed by atoms with van der Waals surface area (Å²) in [6.07, 6.45) is 6.14. The van der Waals surface area contributed by atoms with E-state index in [-0.39, 0.29) is 11.2 Å². The van der Waals surface area contributed by atoms with Crippen LogP contribution in [0.15, 0.2) is 0 Å². The molecule has 0 aromatic carbocycles. The lowest BCUT2D eigenvalue weighted by atomic mass is 9.57. The van der Waals surface area contributed by atoms with Crippen LogP contribution in [0.5, 0.6) is 0 Å². The fraction of sp³-hybridized carbons (Fsp3) is 1.00. The van der Waals surface area contributed by atoms with Crippen molar-refractivity contribution in [1.29, 1.82) is 0 Å². The lowest BCUT2D eigenvalue weighted by Crippen LogP contribution is -2.67. The molecule has 0 unspecified atom stereocenters. The average Bonchev–Trinajstić information content (AvgIpc) is 3.07. The Kier molecular flexibility index (Phi) is 3.15. The highest BCUT2D eigenvalue weighted by molar-refractivity contribution is 5.12. The second kappa shape index (κ2) is 4.67. The van der Waals surface area contributed by atoms with Crippen LogP contribution in [0.25, 0.3) is 0 Å². The second-order valence-electron chi connectivity index (χ2n) is 7.59. The Hall–Kier alpha value is -0.160. The van der Waals surface area contributed by atoms with Gasteiger partial charge in [-0.25, -0.2) is 0 Å². The molecule has 4 heteroatoms. The number of hydrogen-bond acceptors (Lipinski definition) is 4. The molecule has 0 bridgehead atoms. The van der Waals surface area contributed by atoms with Crippen molar-refractivity contribution in [3.8, 4) is 0 Å². The third-order valence-electron chi connectivity index (χ3n) is 6.08. The van der Waals surface area contributed by atoms with E-state index < -0.39 is 0 Å². The predicted molar refractivity (Wildman–Crippen MR) is 75.4 cm³/mol. The van der Waals surface area contributed by atoms with E-state index in [1.54, 1.807) is 0 Å². The third kappa shape index (κ3) is 1.96. The second-order valence-corrected chi connectivity index (χ2v) is 7.59. The van der Waals surface area contributed by atoms with E-state index in [0.717, 1.165) is 38.6 Å². The van der Waals surface area contributed by atoms with Gasteiger partial charge < -0.3 is 19.5 Å². The van der Waals surface area contributed by atoms with Crippen molar-refractivity contribution < 1.29 is 14.2 Å². The van der Waals surface area contributed by atoms with Crippen LogP contribution < -0.4 is 5.32 Å². The molecular weight excluding hydrogens is 254 g/mol. The van der Waals surface area contributed by atoms with Gasteiger partial charge in [-0.05, 0) is 19.3 Å². The van der Waals surface area contributed by atoms with Crippen LogP contribution in [0.4, 0.5) is 0 Å². The van der Waals surface area contributed by atoms with Crippen LogP contribution >= 0.6 is 0 Å². The van der Waals surface area contributed by atoms with E-state index in [1.165, 1.54) is 19.3 Å². The first-order valence-electron chi connectivity index (χ1n) is 8.26. The number of hydrogen-bond donors (Lipinski definition) is 1. The molecule has 0 aromatic rings. The number of ether oxygens (including phenoxy) is 3. The lowest BCUT2D eigenvalue weighted by Gasteiger charge is -2.56. The van der Waals surface area contributed by atoms with Crippen molar-refractivity contribution in [3.63, 3.8) is 0 Å². The molecule has 1 spiro atoms. The molecule has 20 heavy (non-hydrogen) atoms. The van der Waals surface area contributed by atoms with Gasteiger partial charge in [-0.15, -0.1) is 0 Å². The average molecular weight is 281 g/mol. The van der Waals surface area contributed by atoms with Crippen LogP contribution in [-0.4, -0.2) is 43.8 Å². The molecule has 0 radical (unpaired) electrons. The normalized spacial score (nSPS) is 45.3. The standard InChI is InChI=1S/C16H27NO3/c1-15(2)13(12-5-8-18-14(12)15)17-11-3-6-16(7-4-11)19-9-10-20-16/h11-14,17H,3-10H2,1-2H3/t12-,13-,14-/m1/s1. The van der Waals surface area contributed by atoms with Gasteiger partial charge in [0.15, 0.2) is 5.79 Å². The van der Waals surface area contributed by atoms with Crippen molar-refractivity contribution in [1.82, 2.24) is 5.32 Å². The van der Waals surface area contributed by atoms with E-state index in [1.807, 2.05) is 0 Å². The van der Waals surface area contributed by atoms with Crippen molar-refractivity contribution >= 4 is 0 Å². The summed E-state index contributed by atoms with van der Waals surface area (Å²) < 4.78 is 17.5. The van der Waals surface area contributed by atoms with Gasteiger partial charge in [0, 0.05) is 42.9 Å². The summed E-state index contributed by atoms with van der Waals surface area (Å²) in [5, 5.41) is 3.93. The van der Waals surface area contributed by atoms with Crippen molar-refractivity contribution in [2.75, 3.05) is 19.8 Å². The van der Waals surface area contributed by atoms with Crippen LogP contribution in [0.2, 0.25) is 0 Å². The van der Waals surface area contributed by atoms with E-state index in [2.05, 4.69) is 19.2 Å². The fourth-order valence-corrected chi connectivity index (χ4v) is 4.93. The van der Waals surface area contributed by atoms with Gasteiger partial charge in [0.2, 0.25) is 0 Å². The van der Waals surface area contributed by atoms with Crippen molar-refractivity contribution in [3.05, 3.63) is 0 Å². The van der Waals surface area contributed by atoms with Gasteiger partial charge in [0.25, 0.3) is 0 Å². The molecule has 2 aliphatic heterocycles. The number of rotatable bonds is 2. The molecule has 4 aliphatic rings. The molecule has 0 aromatic heterocycles. The Labute approximate surface area is 121 Å². The van der Waals surface area contributed by atoms with Gasteiger partial charge in [-0.1, -0.05) is 13.8 Å². The Morgan fingerprint density at radius 2 is 1.65 bits per heavy atom. The summed E-state index contributed by atoms with van der Waals surface area (Å²) in [7, 11) is 0. The summed E-state index contributed by atoms with van der Waals surface area (Å²) in [6.45, 7) is 7.20. The molecule has 4 fully saturated rings. The number of fused-ring (bicyclic) bond motifs is 1.